The molecule has 3 N–H and O–H groups in total. The van der Waals surface area contributed by atoms with Crippen LogP contribution in [0.25, 0.3) is 5.69 Å². The summed E-state index contributed by atoms with van der Waals surface area (Å²) in [6.07, 6.45) is 3.21. The highest BCUT2D eigenvalue weighted by atomic mass is 15.3. The zero-order valence-electron chi connectivity index (χ0n) is 8.09. The van der Waals surface area contributed by atoms with Crippen LogP contribution in [0.15, 0.2) is 36.9 Å². The van der Waals surface area contributed by atoms with Gasteiger partial charge in [-0.15, -0.1) is 0 Å². The number of hydrogen-bond acceptors (Lipinski definition) is 2. The molecule has 1 heterocycles. The minimum absolute atomic E-state index is 0.319. The lowest BCUT2D eigenvalue weighted by molar-refractivity contribution is -0.420. The fourth-order valence-corrected chi connectivity index (χ4v) is 1.30. The van der Waals surface area contributed by atoms with Gasteiger partial charge in [-0.2, -0.15) is 5.10 Å². The molecule has 0 unspecified atom stereocenters. The summed E-state index contributed by atoms with van der Waals surface area (Å²) in [6.45, 7) is 2.07. The summed E-state index contributed by atoms with van der Waals surface area (Å²) in [5.74, 6) is 0. The number of nitrogens with zero attached hydrogens (tertiary/aromatic N) is 3. The van der Waals surface area contributed by atoms with Crippen LogP contribution < -0.4 is 5.73 Å². The molecule has 14 heavy (non-hydrogen) atoms. The smallest absolute Gasteiger partial charge is 0.138 e. The van der Waals surface area contributed by atoms with Gasteiger partial charge >= 0.3 is 0 Å². The molecule has 0 aliphatic rings. The van der Waals surface area contributed by atoms with Crippen LogP contribution in [0.2, 0.25) is 0 Å². The molecule has 2 aromatic rings. The molecular formula is C10H13N4+. The molecular weight excluding hydrogens is 176 g/mol. The minimum Gasteiger partial charge on any atom is -0.352 e. The monoisotopic (exact) mass is 189 g/mol. The van der Waals surface area contributed by atoms with Gasteiger partial charge in [0.1, 0.15) is 18.7 Å². The lowest BCUT2D eigenvalue weighted by Gasteiger charge is -2.04. The first-order valence-electron chi connectivity index (χ1n) is 4.55. The first-order chi connectivity index (χ1) is 6.77. The van der Waals surface area contributed by atoms with Gasteiger partial charge in [-0.25, -0.2) is 9.67 Å². The molecule has 4 nitrogen and oxygen atoms in total. The Hall–Kier alpha value is -1.68. The number of benzene rings is 1. The Morgan fingerprint density at radius 1 is 1.29 bits per heavy atom. The highest BCUT2D eigenvalue weighted by molar-refractivity contribution is 5.33. The van der Waals surface area contributed by atoms with Gasteiger partial charge in [0.15, 0.2) is 0 Å². The van der Waals surface area contributed by atoms with E-state index in [0.29, 0.717) is 6.04 Å². The first kappa shape index (κ1) is 8.90. The van der Waals surface area contributed by atoms with E-state index in [1.54, 1.807) is 11.0 Å². The third-order valence-electron chi connectivity index (χ3n) is 2.15. The van der Waals surface area contributed by atoms with Crippen LogP contribution in [0, 0.1) is 0 Å². The van der Waals surface area contributed by atoms with E-state index >= 15 is 0 Å². The van der Waals surface area contributed by atoms with Crippen molar-refractivity contribution in [1.82, 2.24) is 14.8 Å². The van der Waals surface area contributed by atoms with Crippen LogP contribution in [-0.4, -0.2) is 14.8 Å². The molecule has 1 aromatic heterocycles. The predicted molar refractivity (Wildman–Crippen MR) is 52.7 cm³/mol. The summed E-state index contributed by atoms with van der Waals surface area (Å²) in [6, 6.07) is 8.49. The Bertz CT molecular complexity index is 389. The molecule has 0 spiro atoms. The zero-order chi connectivity index (χ0) is 9.97. The quantitative estimate of drug-likeness (QED) is 0.750. The molecule has 1 aromatic carbocycles. The van der Waals surface area contributed by atoms with Crippen molar-refractivity contribution in [3.63, 3.8) is 0 Å². The largest absolute Gasteiger partial charge is 0.352 e. The second-order valence-electron chi connectivity index (χ2n) is 3.33. The van der Waals surface area contributed by atoms with Gasteiger partial charge < -0.3 is 5.73 Å². The van der Waals surface area contributed by atoms with Crippen molar-refractivity contribution in [2.24, 2.45) is 0 Å². The maximum atomic E-state index is 4.05. The van der Waals surface area contributed by atoms with Gasteiger partial charge in [0.25, 0.3) is 0 Å². The van der Waals surface area contributed by atoms with Crippen molar-refractivity contribution in [2.75, 3.05) is 0 Å². The number of quaternary nitrogens is 1. The zero-order valence-corrected chi connectivity index (χ0v) is 8.09. The molecule has 0 saturated heterocycles. The van der Waals surface area contributed by atoms with E-state index in [1.807, 2.05) is 12.1 Å². The molecule has 0 aliphatic heterocycles. The Kier molecular flexibility index (Phi) is 2.28. The molecule has 0 bridgehead atoms. The Balaban J connectivity index is 2.31. The second kappa shape index (κ2) is 3.59. The van der Waals surface area contributed by atoms with Gasteiger partial charge in [-0.3, -0.25) is 0 Å². The van der Waals surface area contributed by atoms with Crippen molar-refractivity contribution in [3.05, 3.63) is 42.5 Å². The van der Waals surface area contributed by atoms with E-state index in [9.17, 15) is 0 Å². The molecule has 1 atom stereocenters. The number of hydrogen-bond donors (Lipinski definition) is 1. The maximum absolute atomic E-state index is 4.05. The molecule has 0 saturated carbocycles. The van der Waals surface area contributed by atoms with Crippen LogP contribution in [0.1, 0.15) is 18.5 Å². The van der Waals surface area contributed by atoms with E-state index in [4.69, 9.17) is 0 Å². The van der Waals surface area contributed by atoms with Crippen LogP contribution in [-0.2, 0) is 0 Å². The van der Waals surface area contributed by atoms with Gasteiger partial charge in [-0.1, -0.05) is 12.1 Å². The van der Waals surface area contributed by atoms with Crippen LogP contribution in [0.5, 0.6) is 0 Å². The van der Waals surface area contributed by atoms with E-state index in [-0.39, 0.29) is 0 Å². The number of aromatic nitrogens is 3. The van der Waals surface area contributed by atoms with Crippen molar-refractivity contribution in [2.45, 2.75) is 13.0 Å². The second-order valence-corrected chi connectivity index (χ2v) is 3.33. The Morgan fingerprint density at radius 3 is 2.50 bits per heavy atom. The summed E-state index contributed by atoms with van der Waals surface area (Å²) in [4.78, 5) is 3.90. The highest BCUT2D eigenvalue weighted by Gasteiger charge is 2.02. The SMILES string of the molecule is C[C@H]([NH3+])c1ccc(-n2cncn2)cc1. The normalized spacial score (nSPS) is 12.7. The van der Waals surface area contributed by atoms with Crippen molar-refractivity contribution >= 4 is 0 Å². The minimum atomic E-state index is 0.319. The lowest BCUT2D eigenvalue weighted by atomic mass is 10.1. The third-order valence-corrected chi connectivity index (χ3v) is 2.15. The van der Waals surface area contributed by atoms with Gasteiger partial charge in [-0.05, 0) is 19.1 Å². The van der Waals surface area contributed by atoms with Gasteiger partial charge in [0, 0.05) is 5.56 Å². The Morgan fingerprint density at radius 2 is 2.00 bits per heavy atom. The van der Waals surface area contributed by atoms with Crippen LogP contribution >= 0.6 is 0 Å². The summed E-state index contributed by atoms with van der Waals surface area (Å²) in [5, 5.41) is 4.05. The van der Waals surface area contributed by atoms with E-state index in [2.05, 4.69) is 34.9 Å². The first-order valence-corrected chi connectivity index (χ1v) is 4.55. The number of rotatable bonds is 2. The fraction of sp³-hybridized carbons (Fsp3) is 0.200. The summed E-state index contributed by atoms with van der Waals surface area (Å²) < 4.78 is 1.73. The molecule has 0 amide bonds. The van der Waals surface area contributed by atoms with E-state index < -0.39 is 0 Å². The molecule has 72 valence electrons. The van der Waals surface area contributed by atoms with Gasteiger partial charge in [0.2, 0.25) is 0 Å². The fourth-order valence-electron chi connectivity index (χ4n) is 1.30. The third kappa shape index (κ3) is 1.65. The predicted octanol–water partition coefficient (Wildman–Crippen LogP) is 0.570. The lowest BCUT2D eigenvalue weighted by Crippen LogP contribution is -2.51. The van der Waals surface area contributed by atoms with E-state index in [1.165, 1.54) is 11.9 Å². The summed E-state index contributed by atoms with van der Waals surface area (Å²) >= 11 is 0. The standard InChI is InChI=1S/C10H12N4/c1-8(11)9-2-4-10(5-3-9)14-7-12-6-13-14/h2-8H,11H2,1H3/p+1/t8-/m0/s1. The molecule has 4 heteroatoms. The summed E-state index contributed by atoms with van der Waals surface area (Å²) in [7, 11) is 0. The molecule has 0 fully saturated rings. The van der Waals surface area contributed by atoms with Crippen LogP contribution in [0.3, 0.4) is 0 Å². The van der Waals surface area contributed by atoms with Crippen molar-refractivity contribution < 1.29 is 5.73 Å². The van der Waals surface area contributed by atoms with Crippen molar-refractivity contribution in [3.8, 4) is 5.69 Å². The topological polar surface area (TPSA) is 58.4 Å². The molecule has 2 rings (SSSR count). The summed E-state index contributed by atoms with van der Waals surface area (Å²) in [5.41, 5.74) is 6.22. The van der Waals surface area contributed by atoms with Gasteiger partial charge in [0.05, 0.1) is 5.69 Å². The highest BCUT2D eigenvalue weighted by Crippen LogP contribution is 2.11. The Labute approximate surface area is 82.4 Å². The average molecular weight is 189 g/mol. The van der Waals surface area contributed by atoms with Crippen LogP contribution in [0.4, 0.5) is 0 Å². The molecule has 0 aliphatic carbocycles. The van der Waals surface area contributed by atoms with E-state index in [0.717, 1.165) is 5.69 Å². The van der Waals surface area contributed by atoms with Crippen molar-refractivity contribution in [1.29, 1.82) is 0 Å². The maximum Gasteiger partial charge on any atom is 0.138 e. The average Bonchev–Trinajstić information content (AvgIpc) is 2.71. The molecule has 0 radical (unpaired) electrons.